The molecule has 1 heterocycles. The summed E-state index contributed by atoms with van der Waals surface area (Å²) in [7, 11) is 0. The number of benzene rings is 2. The lowest BCUT2D eigenvalue weighted by atomic mass is 10.1. The number of nitriles is 2. The molecule has 0 spiro atoms. The van der Waals surface area contributed by atoms with E-state index in [0.29, 0.717) is 34.8 Å². The van der Waals surface area contributed by atoms with Crippen LogP contribution in [0.2, 0.25) is 0 Å². The van der Waals surface area contributed by atoms with Crippen molar-refractivity contribution in [1.82, 2.24) is 0 Å². The van der Waals surface area contributed by atoms with Gasteiger partial charge < -0.3 is 9.47 Å². The zero-order valence-corrected chi connectivity index (χ0v) is 10.1. The van der Waals surface area contributed by atoms with Crippen molar-refractivity contribution in [3.8, 4) is 35.1 Å². The van der Waals surface area contributed by atoms with Gasteiger partial charge in [-0.1, -0.05) is 0 Å². The number of fused-ring (bicyclic) bond motifs is 2. The summed E-state index contributed by atoms with van der Waals surface area (Å²) in [5.41, 5.74) is 0.901. The van der Waals surface area contributed by atoms with Gasteiger partial charge in [-0.2, -0.15) is 10.5 Å². The van der Waals surface area contributed by atoms with Gasteiger partial charge in [-0.25, -0.2) is 0 Å². The van der Waals surface area contributed by atoms with Gasteiger partial charge in [-0.05, 0) is 18.2 Å². The van der Waals surface area contributed by atoms with Crippen LogP contribution >= 0.6 is 0 Å². The van der Waals surface area contributed by atoms with E-state index in [1.807, 2.05) is 12.1 Å². The Morgan fingerprint density at radius 2 is 1.40 bits per heavy atom. The van der Waals surface area contributed by atoms with E-state index in [4.69, 9.17) is 20.0 Å². The van der Waals surface area contributed by atoms with Gasteiger partial charge in [0.25, 0.3) is 0 Å². The van der Waals surface area contributed by atoms with E-state index in [2.05, 4.69) is 0 Å². The molecule has 0 amide bonds. The summed E-state index contributed by atoms with van der Waals surface area (Å²) in [6.45, 7) is 0. The lowest BCUT2D eigenvalue weighted by Crippen LogP contribution is -2.01. The molecule has 0 bridgehead atoms. The van der Waals surface area contributed by atoms with E-state index in [1.165, 1.54) is 12.1 Å². The minimum absolute atomic E-state index is 0.213. The first-order valence-electron chi connectivity index (χ1n) is 5.68. The van der Waals surface area contributed by atoms with Crippen molar-refractivity contribution >= 4 is 6.29 Å². The van der Waals surface area contributed by atoms with Crippen LogP contribution in [0.1, 0.15) is 21.5 Å². The molecule has 0 unspecified atom stereocenters. The van der Waals surface area contributed by atoms with Crippen LogP contribution in [0, 0.1) is 22.7 Å². The van der Waals surface area contributed by atoms with Gasteiger partial charge in [0.05, 0.1) is 11.1 Å². The molecule has 94 valence electrons. The highest BCUT2D eigenvalue weighted by atomic mass is 16.6. The Balaban J connectivity index is 2.11. The van der Waals surface area contributed by atoms with Crippen LogP contribution in [-0.2, 0) is 0 Å². The van der Waals surface area contributed by atoms with Crippen molar-refractivity contribution in [2.45, 2.75) is 0 Å². The summed E-state index contributed by atoms with van der Waals surface area (Å²) >= 11 is 0. The first kappa shape index (κ1) is 11.8. The third kappa shape index (κ3) is 1.75. The maximum absolute atomic E-state index is 10.7. The molecule has 0 aliphatic carbocycles. The molecular formula is C15H6N2O3. The number of carbonyl (C=O) groups excluding carboxylic acids is 1. The smallest absolute Gasteiger partial charge is 0.171 e. The topological polar surface area (TPSA) is 83.1 Å². The molecule has 0 aromatic heterocycles. The van der Waals surface area contributed by atoms with Crippen molar-refractivity contribution < 1.29 is 14.3 Å². The van der Waals surface area contributed by atoms with Crippen molar-refractivity contribution in [2.75, 3.05) is 0 Å². The maximum atomic E-state index is 10.7. The average Bonchev–Trinajstić information content (AvgIpc) is 2.50. The number of aldehydes is 1. The maximum Gasteiger partial charge on any atom is 0.171 e. The highest BCUT2D eigenvalue weighted by Crippen LogP contribution is 2.46. The lowest BCUT2D eigenvalue weighted by molar-refractivity contribution is 0.112. The van der Waals surface area contributed by atoms with Gasteiger partial charge in [-0.3, -0.25) is 4.79 Å². The fourth-order valence-electron chi connectivity index (χ4n) is 1.90. The molecule has 20 heavy (non-hydrogen) atoms. The molecule has 2 aromatic carbocycles. The van der Waals surface area contributed by atoms with Crippen molar-refractivity contribution in [3.05, 3.63) is 47.0 Å². The zero-order valence-electron chi connectivity index (χ0n) is 10.1. The van der Waals surface area contributed by atoms with E-state index in [-0.39, 0.29) is 11.1 Å². The molecule has 3 rings (SSSR count). The Bertz CT molecular complexity index is 813. The summed E-state index contributed by atoms with van der Waals surface area (Å²) in [6, 6.07) is 11.5. The summed E-state index contributed by atoms with van der Waals surface area (Å²) in [5.74, 6) is 1.57. The Morgan fingerprint density at radius 1 is 0.850 bits per heavy atom. The van der Waals surface area contributed by atoms with Gasteiger partial charge in [0.1, 0.15) is 18.4 Å². The minimum atomic E-state index is 0.213. The molecule has 0 fully saturated rings. The molecule has 5 nitrogen and oxygen atoms in total. The van der Waals surface area contributed by atoms with E-state index in [0.717, 1.165) is 0 Å². The predicted molar refractivity (Wildman–Crippen MR) is 67.8 cm³/mol. The van der Waals surface area contributed by atoms with Crippen LogP contribution in [-0.4, -0.2) is 6.29 Å². The molecule has 5 heteroatoms. The largest absolute Gasteiger partial charge is 0.449 e. The second-order valence-corrected chi connectivity index (χ2v) is 4.10. The molecule has 0 saturated heterocycles. The number of hydrogen-bond acceptors (Lipinski definition) is 5. The Kier molecular flexibility index (Phi) is 2.60. The Morgan fingerprint density at radius 3 is 1.95 bits per heavy atom. The predicted octanol–water partition coefficient (Wildman–Crippen LogP) is 3.14. The van der Waals surface area contributed by atoms with E-state index < -0.39 is 0 Å². The number of hydrogen-bond donors (Lipinski definition) is 0. The van der Waals surface area contributed by atoms with Gasteiger partial charge in [-0.15, -0.1) is 0 Å². The highest BCUT2D eigenvalue weighted by molar-refractivity contribution is 5.77. The molecule has 0 N–H and O–H groups in total. The molecule has 2 aromatic rings. The van der Waals surface area contributed by atoms with Crippen LogP contribution in [0.3, 0.4) is 0 Å². The second-order valence-electron chi connectivity index (χ2n) is 4.10. The lowest BCUT2D eigenvalue weighted by Gasteiger charge is -2.21. The standard InChI is InChI=1S/C15H6N2O3/c16-6-10-4-14-15(5-11(10)7-17)20-13-3-9(8-18)1-2-12(13)19-14/h1-5,8H. The van der Waals surface area contributed by atoms with Crippen LogP contribution in [0.4, 0.5) is 0 Å². The average molecular weight is 262 g/mol. The van der Waals surface area contributed by atoms with Crippen LogP contribution in [0.15, 0.2) is 30.3 Å². The first-order chi connectivity index (χ1) is 9.75. The van der Waals surface area contributed by atoms with Crippen molar-refractivity contribution in [2.24, 2.45) is 0 Å². The van der Waals surface area contributed by atoms with Gasteiger partial charge in [0.15, 0.2) is 23.0 Å². The molecule has 1 aliphatic rings. The molecule has 0 radical (unpaired) electrons. The van der Waals surface area contributed by atoms with Gasteiger partial charge >= 0.3 is 0 Å². The summed E-state index contributed by atoms with van der Waals surface area (Å²) in [5, 5.41) is 18.0. The quantitative estimate of drug-likeness (QED) is 0.629. The summed E-state index contributed by atoms with van der Waals surface area (Å²) in [6.07, 6.45) is 0.707. The minimum Gasteiger partial charge on any atom is -0.449 e. The van der Waals surface area contributed by atoms with E-state index in [9.17, 15) is 4.79 Å². The Hall–Kier alpha value is -3.31. The highest BCUT2D eigenvalue weighted by Gasteiger charge is 2.21. The fraction of sp³-hybridized carbons (Fsp3) is 0. The zero-order chi connectivity index (χ0) is 14.1. The number of nitrogens with zero attached hydrogens (tertiary/aromatic N) is 2. The van der Waals surface area contributed by atoms with Gasteiger partial charge in [0, 0.05) is 17.7 Å². The van der Waals surface area contributed by atoms with Crippen LogP contribution < -0.4 is 9.47 Å². The number of ether oxygens (including phenoxy) is 2. The van der Waals surface area contributed by atoms with E-state index >= 15 is 0 Å². The van der Waals surface area contributed by atoms with Crippen molar-refractivity contribution in [3.63, 3.8) is 0 Å². The monoisotopic (exact) mass is 262 g/mol. The van der Waals surface area contributed by atoms with Crippen LogP contribution in [0.5, 0.6) is 23.0 Å². The molecule has 0 atom stereocenters. The molecular weight excluding hydrogens is 256 g/mol. The summed E-state index contributed by atoms with van der Waals surface area (Å²) < 4.78 is 11.2. The number of carbonyl (C=O) groups is 1. The van der Waals surface area contributed by atoms with Crippen LogP contribution in [0.25, 0.3) is 0 Å². The normalized spacial score (nSPS) is 10.9. The summed E-state index contributed by atoms with van der Waals surface area (Å²) in [4.78, 5) is 10.7. The third-order valence-corrected chi connectivity index (χ3v) is 2.87. The second kappa shape index (κ2) is 4.42. The number of rotatable bonds is 1. The SMILES string of the molecule is N#Cc1cc2c(cc1C#N)Oc1cc(C=O)ccc1O2. The van der Waals surface area contributed by atoms with Gasteiger partial charge in [0.2, 0.25) is 0 Å². The molecule has 1 aliphatic heterocycles. The van der Waals surface area contributed by atoms with Crippen molar-refractivity contribution in [1.29, 1.82) is 10.5 Å². The third-order valence-electron chi connectivity index (χ3n) is 2.87. The van der Waals surface area contributed by atoms with E-state index in [1.54, 1.807) is 18.2 Å². The Labute approximate surface area is 114 Å². The molecule has 0 saturated carbocycles. The first-order valence-corrected chi connectivity index (χ1v) is 5.68. The fourth-order valence-corrected chi connectivity index (χ4v) is 1.90.